The third-order valence-corrected chi connectivity index (χ3v) is 10.8. The van der Waals surface area contributed by atoms with E-state index in [2.05, 4.69) is 43.8 Å². The van der Waals surface area contributed by atoms with Gasteiger partial charge in [-0.1, -0.05) is 36.4 Å². The highest BCUT2D eigenvalue weighted by atomic mass is 35.5. The largest absolute Gasteiger partial charge is 0.444 e. The van der Waals surface area contributed by atoms with Crippen molar-refractivity contribution in [2.45, 2.75) is 64.9 Å². The molecule has 3 amide bonds. The van der Waals surface area contributed by atoms with Crippen molar-refractivity contribution in [3.05, 3.63) is 89.2 Å². The number of Topliss-reactive ketones (excluding diaryl/α,β-unsaturated/α-hetero) is 1. The molecule has 2 fully saturated rings. The molecule has 1 saturated carbocycles. The first-order valence-corrected chi connectivity index (χ1v) is 19.8. The Morgan fingerprint density at radius 3 is 2.21 bits per heavy atom. The molecule has 3 N–H and O–H groups in total. The van der Waals surface area contributed by atoms with E-state index in [9.17, 15) is 19.2 Å². The Hall–Kier alpha value is -5.07. The SMILES string of the molecule is CN1CCN(C(=O)c2ccc(-c3cccc(C[C@H](CC(=O)C4CCC(CNC(=O)OC(C)(C)C)CC4)C(=O)Nc4ccc(-c5n[nH]c(Cl)n5)cc4)c3)cc2)CC1. The smallest absolute Gasteiger partial charge is 0.407 e. The molecule has 0 bridgehead atoms. The number of likely N-dealkylation sites (N-methyl/N-ethyl adjacent to an activating group) is 1. The van der Waals surface area contributed by atoms with Crippen molar-refractivity contribution in [2.75, 3.05) is 45.1 Å². The van der Waals surface area contributed by atoms with Crippen LogP contribution in [0.2, 0.25) is 5.28 Å². The Bertz CT molecular complexity index is 1980. The molecule has 4 aromatic rings. The van der Waals surface area contributed by atoms with Crippen LogP contribution in [0, 0.1) is 17.8 Å². The van der Waals surface area contributed by atoms with Crippen molar-refractivity contribution >= 4 is 41.0 Å². The highest BCUT2D eigenvalue weighted by molar-refractivity contribution is 6.28. The van der Waals surface area contributed by atoms with E-state index in [1.807, 2.05) is 68.1 Å². The molecule has 0 radical (unpaired) electrons. The molecule has 0 unspecified atom stereocenters. The van der Waals surface area contributed by atoms with Crippen LogP contribution in [-0.2, 0) is 20.7 Å². The fourth-order valence-corrected chi connectivity index (χ4v) is 7.50. The van der Waals surface area contributed by atoms with Gasteiger partial charge in [0.15, 0.2) is 5.82 Å². The Kier molecular flexibility index (Phi) is 13.2. The number of nitrogens with zero attached hydrogens (tertiary/aromatic N) is 4. The van der Waals surface area contributed by atoms with Gasteiger partial charge in [0.25, 0.3) is 5.91 Å². The predicted octanol–water partition coefficient (Wildman–Crippen LogP) is 7.27. The lowest BCUT2D eigenvalue weighted by molar-refractivity contribution is -0.129. The fourth-order valence-electron chi connectivity index (χ4n) is 7.38. The molecule has 3 aromatic carbocycles. The summed E-state index contributed by atoms with van der Waals surface area (Å²) >= 11 is 5.91. The van der Waals surface area contributed by atoms with Crippen molar-refractivity contribution in [3.63, 3.8) is 0 Å². The number of H-pyrrole nitrogens is 1. The average Bonchev–Trinajstić information content (AvgIpc) is 3.63. The number of aromatic amines is 1. The van der Waals surface area contributed by atoms with Gasteiger partial charge < -0.3 is 25.2 Å². The topological polar surface area (TPSA) is 150 Å². The van der Waals surface area contributed by atoms with Crippen LogP contribution in [0.15, 0.2) is 72.8 Å². The van der Waals surface area contributed by atoms with Crippen LogP contribution < -0.4 is 10.6 Å². The summed E-state index contributed by atoms with van der Waals surface area (Å²) < 4.78 is 5.37. The van der Waals surface area contributed by atoms with Crippen molar-refractivity contribution in [1.29, 1.82) is 0 Å². The molecule has 1 aliphatic heterocycles. The minimum absolute atomic E-state index is 0.0414. The monoisotopic (exact) mass is 781 g/mol. The first-order valence-electron chi connectivity index (χ1n) is 19.5. The molecule has 1 aromatic heterocycles. The molecule has 1 atom stereocenters. The number of carbonyl (C=O) groups is 4. The highest BCUT2D eigenvalue weighted by Crippen LogP contribution is 2.32. The van der Waals surface area contributed by atoms with Gasteiger partial charge in [0.2, 0.25) is 11.2 Å². The normalized spacial score (nSPS) is 18.2. The summed E-state index contributed by atoms with van der Waals surface area (Å²) in [4.78, 5) is 61.4. The third-order valence-electron chi connectivity index (χ3n) is 10.6. The molecule has 1 aliphatic carbocycles. The second kappa shape index (κ2) is 18.3. The number of amides is 3. The number of piperazine rings is 1. The van der Waals surface area contributed by atoms with Crippen molar-refractivity contribution in [1.82, 2.24) is 30.3 Å². The van der Waals surface area contributed by atoms with Gasteiger partial charge >= 0.3 is 6.09 Å². The average molecular weight is 782 g/mol. The van der Waals surface area contributed by atoms with E-state index >= 15 is 0 Å². The molecule has 56 heavy (non-hydrogen) atoms. The number of benzene rings is 3. The standard InChI is InChI=1S/C43H52ClN7O5/c1-43(2,3)56-42(55)45-27-28-8-10-31(11-9-28)37(52)26-35(39(53)46-36-18-16-32(17-19-36)38-47-41(44)49-48-38)25-29-6-5-7-34(24-29)30-12-14-33(15-13-30)40(54)51-22-20-50(4)21-23-51/h5-7,12-19,24,28,31,35H,8-11,20-23,25-27H2,1-4H3,(H,45,55)(H,46,53)(H,47,48,49)/t28?,31?,35-/m1/s1. The molecule has 12 nitrogen and oxygen atoms in total. The van der Waals surface area contributed by atoms with Gasteiger partial charge in [-0.05, 0) is 131 Å². The predicted molar refractivity (Wildman–Crippen MR) is 217 cm³/mol. The molecule has 13 heteroatoms. The van der Waals surface area contributed by atoms with E-state index in [-0.39, 0.29) is 41.1 Å². The number of nitrogens with one attached hydrogen (secondary N) is 3. The van der Waals surface area contributed by atoms with Crippen LogP contribution >= 0.6 is 11.6 Å². The Morgan fingerprint density at radius 2 is 1.57 bits per heavy atom. The Labute approximate surface area is 333 Å². The molecular formula is C43H52ClN7O5. The van der Waals surface area contributed by atoms with E-state index in [1.165, 1.54) is 0 Å². The van der Waals surface area contributed by atoms with E-state index in [0.717, 1.165) is 48.2 Å². The summed E-state index contributed by atoms with van der Waals surface area (Å²) in [5, 5.41) is 12.8. The van der Waals surface area contributed by atoms with Crippen LogP contribution in [-0.4, -0.2) is 94.0 Å². The molecule has 2 heterocycles. The van der Waals surface area contributed by atoms with Gasteiger partial charge in [0, 0.05) is 67.8 Å². The van der Waals surface area contributed by atoms with Crippen LogP contribution in [0.3, 0.4) is 0 Å². The molecule has 296 valence electrons. The number of anilines is 1. The van der Waals surface area contributed by atoms with E-state index in [1.54, 1.807) is 24.3 Å². The minimum Gasteiger partial charge on any atom is -0.444 e. The Balaban J connectivity index is 1.12. The summed E-state index contributed by atoms with van der Waals surface area (Å²) in [6, 6.07) is 22.9. The molecule has 2 aliphatic rings. The van der Waals surface area contributed by atoms with E-state index in [0.29, 0.717) is 56.0 Å². The zero-order valence-electron chi connectivity index (χ0n) is 32.6. The quantitative estimate of drug-likeness (QED) is 0.136. The first-order chi connectivity index (χ1) is 26.8. The summed E-state index contributed by atoms with van der Waals surface area (Å²) in [7, 11) is 2.07. The molecule has 0 spiro atoms. The first kappa shape index (κ1) is 40.6. The van der Waals surface area contributed by atoms with Gasteiger partial charge in [-0.3, -0.25) is 14.4 Å². The van der Waals surface area contributed by atoms with Crippen LogP contribution in [0.4, 0.5) is 10.5 Å². The van der Waals surface area contributed by atoms with Gasteiger partial charge in [-0.15, -0.1) is 0 Å². The number of halogens is 1. The number of hydrogen-bond acceptors (Lipinski definition) is 8. The maximum Gasteiger partial charge on any atom is 0.407 e. The number of rotatable bonds is 12. The van der Waals surface area contributed by atoms with Crippen molar-refractivity contribution in [2.24, 2.45) is 17.8 Å². The summed E-state index contributed by atoms with van der Waals surface area (Å²) in [5.74, 6) is -0.157. The third kappa shape index (κ3) is 11.3. The minimum atomic E-state index is -0.612. The van der Waals surface area contributed by atoms with E-state index in [4.69, 9.17) is 16.3 Å². The zero-order chi connectivity index (χ0) is 39.8. The highest BCUT2D eigenvalue weighted by Gasteiger charge is 2.31. The summed E-state index contributed by atoms with van der Waals surface area (Å²) in [5.41, 5.74) is 4.29. The molecular weight excluding hydrogens is 730 g/mol. The van der Waals surface area contributed by atoms with Crippen LogP contribution in [0.1, 0.15) is 68.8 Å². The Morgan fingerprint density at radius 1 is 0.893 bits per heavy atom. The summed E-state index contributed by atoms with van der Waals surface area (Å²) in [6.07, 6.45) is 3.10. The van der Waals surface area contributed by atoms with Crippen molar-refractivity contribution in [3.8, 4) is 22.5 Å². The van der Waals surface area contributed by atoms with Gasteiger partial charge in [0.05, 0.1) is 0 Å². The number of ketones is 1. The zero-order valence-corrected chi connectivity index (χ0v) is 33.4. The molecule has 6 rings (SSSR count). The lowest BCUT2D eigenvalue weighted by Crippen LogP contribution is -2.47. The molecule has 1 saturated heterocycles. The van der Waals surface area contributed by atoms with Crippen LogP contribution in [0.25, 0.3) is 22.5 Å². The maximum atomic E-state index is 14.0. The number of ether oxygens (including phenoxy) is 1. The lowest BCUT2D eigenvalue weighted by atomic mass is 9.77. The lowest BCUT2D eigenvalue weighted by Gasteiger charge is -2.32. The fraction of sp³-hybridized carbons (Fsp3) is 0.442. The number of aromatic nitrogens is 3. The van der Waals surface area contributed by atoms with Gasteiger partial charge in [-0.2, -0.15) is 10.1 Å². The number of alkyl carbamates (subject to hydrolysis) is 1. The maximum absolute atomic E-state index is 14.0. The second-order valence-electron chi connectivity index (χ2n) is 16.1. The summed E-state index contributed by atoms with van der Waals surface area (Å²) in [6.45, 7) is 9.17. The van der Waals surface area contributed by atoms with Gasteiger partial charge in [0.1, 0.15) is 11.4 Å². The number of hydrogen-bond donors (Lipinski definition) is 3. The van der Waals surface area contributed by atoms with Gasteiger partial charge in [-0.25, -0.2) is 9.89 Å². The van der Waals surface area contributed by atoms with E-state index < -0.39 is 17.6 Å². The van der Waals surface area contributed by atoms with Crippen LogP contribution in [0.5, 0.6) is 0 Å². The second-order valence-corrected chi connectivity index (χ2v) is 16.4. The van der Waals surface area contributed by atoms with Crippen molar-refractivity contribution < 1.29 is 23.9 Å². The number of carbonyl (C=O) groups excluding carboxylic acids is 4.